The fourth-order valence-corrected chi connectivity index (χ4v) is 7.45. The van der Waals surface area contributed by atoms with E-state index in [1.165, 1.54) is 12.1 Å². The van der Waals surface area contributed by atoms with Gasteiger partial charge in [-0.15, -0.1) is 0 Å². The van der Waals surface area contributed by atoms with Crippen molar-refractivity contribution in [2.45, 2.75) is 71.8 Å². The highest BCUT2D eigenvalue weighted by atomic mass is 16.6. The molecular formula is C24H34N2O3. The molecule has 0 N–H and O–H groups in total. The van der Waals surface area contributed by atoms with Crippen molar-refractivity contribution in [2.24, 2.45) is 33.7 Å². The van der Waals surface area contributed by atoms with Crippen LogP contribution in [0.15, 0.2) is 29.3 Å². The van der Waals surface area contributed by atoms with Crippen LogP contribution in [-0.2, 0) is 14.4 Å². The minimum Gasteiger partial charge on any atom is -0.479 e. The quantitative estimate of drug-likeness (QED) is 0.513. The second kappa shape index (κ2) is 6.88. The molecule has 1 aliphatic heterocycles. The first-order valence-electron chi connectivity index (χ1n) is 11.5. The maximum atomic E-state index is 12.7. The smallest absolute Gasteiger partial charge is 0.160 e. The highest BCUT2D eigenvalue weighted by Crippen LogP contribution is 2.64. The van der Waals surface area contributed by atoms with Gasteiger partial charge in [0.2, 0.25) is 0 Å². The number of hydrogen-bond acceptors (Lipinski definition) is 5. The monoisotopic (exact) mass is 398 g/mol. The Labute approximate surface area is 174 Å². The van der Waals surface area contributed by atoms with Gasteiger partial charge in [0.1, 0.15) is 18.7 Å². The summed E-state index contributed by atoms with van der Waals surface area (Å²) in [6.45, 7) is 7.83. The standard InChI is InChI=1S/C24H34N2O3/c1-4-29-25-22-20(26-13-14-28-15-26)9-6-16-5-7-17-18-8-10-21(27)23(18,2)12-11-19(17)24(16,22)3/h6,13-14,17-20H,4-5,7-12,15H2,1-3H3. The van der Waals surface area contributed by atoms with Gasteiger partial charge in [-0.2, -0.15) is 0 Å². The summed E-state index contributed by atoms with van der Waals surface area (Å²) >= 11 is 0. The Kier molecular flexibility index (Phi) is 4.56. The molecule has 158 valence electrons. The number of carbonyl (C=O) groups excluding carboxylic acids is 1. The third kappa shape index (κ3) is 2.65. The molecule has 5 aliphatic rings. The lowest BCUT2D eigenvalue weighted by Crippen LogP contribution is -2.57. The van der Waals surface area contributed by atoms with Crippen LogP contribution in [0.1, 0.15) is 65.7 Å². The van der Waals surface area contributed by atoms with Crippen LogP contribution in [0.5, 0.6) is 0 Å². The largest absolute Gasteiger partial charge is 0.479 e. The average molecular weight is 399 g/mol. The Balaban J connectivity index is 1.55. The molecule has 5 heteroatoms. The number of oxime groups is 1. The van der Waals surface area contributed by atoms with Crippen molar-refractivity contribution in [3.63, 3.8) is 0 Å². The Bertz CT molecular complexity index is 787. The van der Waals surface area contributed by atoms with Crippen LogP contribution >= 0.6 is 0 Å². The third-order valence-corrected chi connectivity index (χ3v) is 9.00. The average Bonchev–Trinajstić information content (AvgIpc) is 3.34. The first kappa shape index (κ1) is 19.2. The highest BCUT2D eigenvalue weighted by molar-refractivity contribution is 5.98. The van der Waals surface area contributed by atoms with Gasteiger partial charge in [0.05, 0.1) is 11.8 Å². The number of ether oxygens (including phenoxy) is 1. The summed E-state index contributed by atoms with van der Waals surface area (Å²) in [6.07, 6.45) is 13.6. The molecule has 0 spiro atoms. The number of carbonyl (C=O) groups is 1. The van der Waals surface area contributed by atoms with Crippen LogP contribution in [-0.4, -0.2) is 35.8 Å². The first-order valence-corrected chi connectivity index (χ1v) is 11.5. The Morgan fingerprint density at radius 1 is 1.24 bits per heavy atom. The number of rotatable bonds is 3. The van der Waals surface area contributed by atoms with Crippen molar-refractivity contribution in [3.05, 3.63) is 24.1 Å². The lowest BCUT2D eigenvalue weighted by molar-refractivity contribution is -0.131. The summed E-state index contributed by atoms with van der Waals surface area (Å²) in [6, 6.07) is 0.186. The molecule has 3 saturated carbocycles. The molecule has 0 aromatic carbocycles. The number of allylic oxidation sites excluding steroid dienone is 1. The first-order chi connectivity index (χ1) is 14.0. The van der Waals surface area contributed by atoms with E-state index in [1.807, 2.05) is 13.1 Å². The van der Waals surface area contributed by atoms with Gasteiger partial charge in [0.25, 0.3) is 0 Å². The third-order valence-electron chi connectivity index (χ3n) is 9.00. The van der Waals surface area contributed by atoms with Gasteiger partial charge in [-0.25, -0.2) is 0 Å². The van der Waals surface area contributed by atoms with E-state index in [1.54, 1.807) is 11.8 Å². The molecule has 0 saturated heterocycles. The van der Waals surface area contributed by atoms with Crippen molar-refractivity contribution in [1.82, 2.24) is 4.90 Å². The second-order valence-corrected chi connectivity index (χ2v) is 10.0. The molecule has 0 bridgehead atoms. The zero-order chi connectivity index (χ0) is 20.2. The molecule has 0 amide bonds. The number of ketones is 1. The summed E-state index contributed by atoms with van der Waals surface area (Å²) in [5.41, 5.74) is 2.56. The van der Waals surface area contributed by atoms with Crippen LogP contribution in [0.2, 0.25) is 0 Å². The molecule has 0 radical (unpaired) electrons. The molecule has 29 heavy (non-hydrogen) atoms. The summed E-state index contributed by atoms with van der Waals surface area (Å²) in [7, 11) is 0. The van der Waals surface area contributed by atoms with Gasteiger partial charge in [-0.3, -0.25) is 4.79 Å². The van der Waals surface area contributed by atoms with Crippen LogP contribution in [0.25, 0.3) is 0 Å². The van der Waals surface area contributed by atoms with Crippen molar-refractivity contribution < 1.29 is 14.4 Å². The van der Waals surface area contributed by atoms with Crippen molar-refractivity contribution >= 4 is 11.5 Å². The van der Waals surface area contributed by atoms with E-state index in [4.69, 9.17) is 14.7 Å². The van der Waals surface area contributed by atoms with Crippen molar-refractivity contribution in [2.75, 3.05) is 13.3 Å². The number of Topliss-reactive ketones (excluding diaryl/α,β-unsaturated/α-hetero) is 1. The molecule has 6 atom stereocenters. The lowest BCUT2D eigenvalue weighted by Gasteiger charge is -2.58. The summed E-state index contributed by atoms with van der Waals surface area (Å²) in [5.74, 6) is 2.20. The van der Waals surface area contributed by atoms with Gasteiger partial charge in [0, 0.05) is 23.5 Å². The normalized spacial score (nSPS) is 44.8. The summed E-state index contributed by atoms with van der Waals surface area (Å²) in [4.78, 5) is 20.7. The van der Waals surface area contributed by atoms with Crippen LogP contribution < -0.4 is 0 Å². The van der Waals surface area contributed by atoms with E-state index in [-0.39, 0.29) is 16.9 Å². The van der Waals surface area contributed by atoms with Crippen LogP contribution in [0.3, 0.4) is 0 Å². The number of nitrogens with zero attached hydrogens (tertiary/aromatic N) is 2. The van der Waals surface area contributed by atoms with Crippen LogP contribution in [0, 0.1) is 28.6 Å². The Morgan fingerprint density at radius 3 is 2.86 bits per heavy atom. The minimum absolute atomic E-state index is 0.0790. The molecule has 5 rings (SSSR count). The molecule has 5 nitrogen and oxygen atoms in total. The van der Waals surface area contributed by atoms with E-state index in [0.717, 1.165) is 38.5 Å². The van der Waals surface area contributed by atoms with Crippen molar-refractivity contribution in [1.29, 1.82) is 0 Å². The van der Waals surface area contributed by atoms with E-state index < -0.39 is 0 Å². The predicted octanol–water partition coefficient (Wildman–Crippen LogP) is 4.65. The van der Waals surface area contributed by atoms with Gasteiger partial charge in [-0.1, -0.05) is 30.7 Å². The van der Waals surface area contributed by atoms with Gasteiger partial charge in [-0.05, 0) is 63.2 Å². The molecule has 4 aliphatic carbocycles. The van der Waals surface area contributed by atoms with E-state index in [2.05, 4.69) is 24.8 Å². The zero-order valence-corrected chi connectivity index (χ0v) is 18.0. The molecule has 3 fully saturated rings. The summed E-state index contributed by atoms with van der Waals surface area (Å²) < 4.78 is 5.51. The Morgan fingerprint density at radius 2 is 2.10 bits per heavy atom. The van der Waals surface area contributed by atoms with E-state index in [9.17, 15) is 4.79 Å². The SMILES string of the molecule is CCON=C1C(N2C=COC2)CC=C2CCC3C4CCC(=O)C4(C)CCC3C21C. The zero-order valence-electron chi connectivity index (χ0n) is 18.0. The fourth-order valence-electron chi connectivity index (χ4n) is 7.45. The predicted molar refractivity (Wildman–Crippen MR) is 112 cm³/mol. The molecular weight excluding hydrogens is 364 g/mol. The van der Waals surface area contributed by atoms with E-state index >= 15 is 0 Å². The van der Waals surface area contributed by atoms with Crippen molar-refractivity contribution in [3.8, 4) is 0 Å². The van der Waals surface area contributed by atoms with Gasteiger partial charge >= 0.3 is 0 Å². The van der Waals surface area contributed by atoms with E-state index in [0.29, 0.717) is 36.9 Å². The van der Waals surface area contributed by atoms with Gasteiger partial charge in [0.15, 0.2) is 6.73 Å². The Hall–Kier alpha value is -1.78. The van der Waals surface area contributed by atoms with Gasteiger partial charge < -0.3 is 14.5 Å². The number of fused-ring (bicyclic) bond motifs is 5. The minimum atomic E-state index is -0.0877. The summed E-state index contributed by atoms with van der Waals surface area (Å²) in [5, 5.41) is 4.77. The maximum absolute atomic E-state index is 12.7. The fraction of sp³-hybridized carbons (Fsp3) is 0.750. The molecule has 1 heterocycles. The number of hydrogen-bond donors (Lipinski definition) is 0. The highest BCUT2D eigenvalue weighted by Gasteiger charge is 2.61. The second-order valence-electron chi connectivity index (χ2n) is 10.0. The van der Waals surface area contributed by atoms with Crippen LogP contribution in [0.4, 0.5) is 0 Å². The molecule has 0 aromatic heterocycles. The lowest BCUT2D eigenvalue weighted by atomic mass is 9.46. The maximum Gasteiger partial charge on any atom is 0.160 e. The topological polar surface area (TPSA) is 51.1 Å². The molecule has 6 unspecified atom stereocenters. The molecule has 0 aromatic rings.